The van der Waals surface area contributed by atoms with Gasteiger partial charge in [0.2, 0.25) is 0 Å². The Hall–Kier alpha value is -1.39. The van der Waals surface area contributed by atoms with Crippen LogP contribution in [0.2, 0.25) is 0 Å². The van der Waals surface area contributed by atoms with E-state index in [4.69, 9.17) is 4.74 Å². The summed E-state index contributed by atoms with van der Waals surface area (Å²) < 4.78 is 5.68. The zero-order valence-corrected chi connectivity index (χ0v) is 9.69. The van der Waals surface area contributed by atoms with Crippen LogP contribution in [-0.2, 0) is 16.1 Å². The lowest BCUT2D eigenvalue weighted by atomic mass is 9.92. The molecule has 4 heteroatoms. The Morgan fingerprint density at radius 3 is 2.53 bits per heavy atom. The molecule has 4 nitrogen and oxygen atoms in total. The zero-order valence-electron chi connectivity index (χ0n) is 9.69. The Morgan fingerprint density at radius 2 is 1.94 bits per heavy atom. The highest BCUT2D eigenvalue weighted by atomic mass is 16.5. The number of carbonyl (C=O) groups is 1. The van der Waals surface area contributed by atoms with Gasteiger partial charge in [0.05, 0.1) is 6.61 Å². The Kier molecular flexibility index (Phi) is 3.76. The quantitative estimate of drug-likeness (QED) is 0.828. The van der Waals surface area contributed by atoms with Crippen molar-refractivity contribution in [3.05, 3.63) is 35.9 Å². The van der Waals surface area contributed by atoms with Crippen LogP contribution in [0.1, 0.15) is 18.4 Å². The van der Waals surface area contributed by atoms with Crippen LogP contribution in [0, 0.1) is 0 Å². The number of piperidine rings is 1. The summed E-state index contributed by atoms with van der Waals surface area (Å²) in [6.07, 6.45) is 1.05. The predicted octanol–water partition coefficient (Wildman–Crippen LogP) is 1.41. The molecule has 2 rings (SSSR count). The molecule has 0 atom stereocenters. The summed E-state index contributed by atoms with van der Waals surface area (Å²) in [5.74, 6) is -0.852. The van der Waals surface area contributed by atoms with Crippen LogP contribution < -0.4 is 5.32 Å². The number of aliphatic carboxylic acids is 1. The van der Waals surface area contributed by atoms with E-state index >= 15 is 0 Å². The lowest BCUT2D eigenvalue weighted by molar-refractivity contribution is -0.172. The number of carboxylic acids is 1. The van der Waals surface area contributed by atoms with E-state index in [1.807, 2.05) is 30.3 Å². The van der Waals surface area contributed by atoms with Crippen LogP contribution >= 0.6 is 0 Å². The van der Waals surface area contributed by atoms with Crippen molar-refractivity contribution in [1.82, 2.24) is 5.32 Å². The van der Waals surface area contributed by atoms with E-state index in [-0.39, 0.29) is 0 Å². The highest BCUT2D eigenvalue weighted by Gasteiger charge is 2.40. The van der Waals surface area contributed by atoms with E-state index in [1.165, 1.54) is 0 Å². The van der Waals surface area contributed by atoms with Crippen LogP contribution in [0.25, 0.3) is 0 Å². The summed E-state index contributed by atoms with van der Waals surface area (Å²) in [5.41, 5.74) is -0.00664. The van der Waals surface area contributed by atoms with Crippen LogP contribution in [0.15, 0.2) is 30.3 Å². The van der Waals surface area contributed by atoms with E-state index in [0.29, 0.717) is 32.5 Å². The first kappa shape index (κ1) is 12.1. The summed E-state index contributed by atoms with van der Waals surface area (Å²) in [5, 5.41) is 12.5. The van der Waals surface area contributed by atoms with E-state index in [1.54, 1.807) is 0 Å². The van der Waals surface area contributed by atoms with Gasteiger partial charge in [-0.25, -0.2) is 4.79 Å². The summed E-state index contributed by atoms with van der Waals surface area (Å²) >= 11 is 0. The number of rotatable bonds is 4. The molecular formula is C13H17NO3. The van der Waals surface area contributed by atoms with Crippen molar-refractivity contribution in [3.63, 3.8) is 0 Å². The van der Waals surface area contributed by atoms with Crippen molar-refractivity contribution in [2.75, 3.05) is 13.1 Å². The van der Waals surface area contributed by atoms with Crippen molar-refractivity contribution in [2.45, 2.75) is 25.0 Å². The molecule has 92 valence electrons. The lowest BCUT2D eigenvalue weighted by Crippen LogP contribution is -2.49. The summed E-state index contributed by atoms with van der Waals surface area (Å²) in [7, 11) is 0. The molecule has 0 saturated carbocycles. The van der Waals surface area contributed by atoms with Crippen LogP contribution in [0.5, 0.6) is 0 Å². The molecule has 17 heavy (non-hydrogen) atoms. The summed E-state index contributed by atoms with van der Waals surface area (Å²) in [6.45, 7) is 1.75. The summed E-state index contributed by atoms with van der Waals surface area (Å²) in [4.78, 5) is 11.3. The number of carboxylic acid groups (broad SMARTS) is 1. The predicted molar refractivity (Wildman–Crippen MR) is 63.7 cm³/mol. The Labute approximate surface area is 101 Å². The molecule has 1 aliphatic rings. The van der Waals surface area contributed by atoms with Crippen molar-refractivity contribution in [2.24, 2.45) is 0 Å². The van der Waals surface area contributed by atoms with E-state index in [0.717, 1.165) is 5.56 Å². The first-order valence-electron chi connectivity index (χ1n) is 5.85. The van der Waals surface area contributed by atoms with E-state index in [9.17, 15) is 9.90 Å². The molecule has 0 radical (unpaired) electrons. The standard InChI is InChI=1S/C13H17NO3/c15-12(16)13(6-8-14-9-7-13)17-10-11-4-2-1-3-5-11/h1-5,14H,6-10H2,(H,15,16). The maximum absolute atomic E-state index is 11.3. The molecule has 0 aliphatic carbocycles. The van der Waals surface area contributed by atoms with Gasteiger partial charge < -0.3 is 15.2 Å². The maximum atomic E-state index is 11.3. The number of hydrogen-bond acceptors (Lipinski definition) is 3. The highest BCUT2D eigenvalue weighted by molar-refractivity contribution is 5.77. The first-order chi connectivity index (χ1) is 8.23. The molecule has 1 heterocycles. The lowest BCUT2D eigenvalue weighted by Gasteiger charge is -2.33. The van der Waals surface area contributed by atoms with Crippen molar-refractivity contribution in [1.29, 1.82) is 0 Å². The minimum atomic E-state index is -1.01. The third-order valence-corrected chi connectivity index (χ3v) is 3.16. The van der Waals surface area contributed by atoms with Gasteiger partial charge in [-0.15, -0.1) is 0 Å². The third kappa shape index (κ3) is 2.84. The van der Waals surface area contributed by atoms with Gasteiger partial charge in [0.15, 0.2) is 5.60 Å². The minimum Gasteiger partial charge on any atom is -0.479 e. The van der Waals surface area contributed by atoms with Gasteiger partial charge in [0.25, 0.3) is 0 Å². The molecule has 1 aliphatic heterocycles. The number of nitrogens with one attached hydrogen (secondary N) is 1. The largest absolute Gasteiger partial charge is 0.479 e. The second-order valence-corrected chi connectivity index (χ2v) is 4.32. The van der Waals surface area contributed by atoms with Crippen molar-refractivity contribution in [3.8, 4) is 0 Å². The normalized spacial score (nSPS) is 18.8. The first-order valence-corrected chi connectivity index (χ1v) is 5.85. The van der Waals surface area contributed by atoms with E-state index in [2.05, 4.69) is 5.32 Å². The van der Waals surface area contributed by atoms with Crippen LogP contribution in [-0.4, -0.2) is 29.8 Å². The SMILES string of the molecule is O=C(O)C1(OCc2ccccc2)CCNCC1. The Bertz CT molecular complexity index is 372. The minimum absolute atomic E-state index is 0.354. The maximum Gasteiger partial charge on any atom is 0.336 e. The molecule has 0 amide bonds. The highest BCUT2D eigenvalue weighted by Crippen LogP contribution is 2.25. The fourth-order valence-electron chi connectivity index (χ4n) is 2.05. The Morgan fingerprint density at radius 1 is 1.29 bits per heavy atom. The second-order valence-electron chi connectivity index (χ2n) is 4.32. The fraction of sp³-hybridized carbons (Fsp3) is 0.462. The summed E-state index contributed by atoms with van der Waals surface area (Å²) in [6, 6.07) is 9.66. The topological polar surface area (TPSA) is 58.6 Å². The number of ether oxygens (including phenoxy) is 1. The smallest absolute Gasteiger partial charge is 0.336 e. The van der Waals surface area contributed by atoms with Gasteiger partial charge in [-0.2, -0.15) is 0 Å². The monoisotopic (exact) mass is 235 g/mol. The molecule has 1 fully saturated rings. The molecule has 2 N–H and O–H groups in total. The zero-order chi connectivity index (χ0) is 12.1. The second kappa shape index (κ2) is 5.29. The molecule has 0 bridgehead atoms. The van der Waals surface area contributed by atoms with Crippen molar-refractivity contribution >= 4 is 5.97 Å². The van der Waals surface area contributed by atoms with Gasteiger partial charge in [-0.1, -0.05) is 30.3 Å². The molecule has 1 aromatic carbocycles. The third-order valence-electron chi connectivity index (χ3n) is 3.16. The molecule has 0 aromatic heterocycles. The average molecular weight is 235 g/mol. The van der Waals surface area contributed by atoms with Gasteiger partial charge in [0.1, 0.15) is 0 Å². The van der Waals surface area contributed by atoms with Crippen LogP contribution in [0.4, 0.5) is 0 Å². The molecule has 1 saturated heterocycles. The number of hydrogen-bond donors (Lipinski definition) is 2. The number of benzene rings is 1. The van der Waals surface area contributed by atoms with Gasteiger partial charge in [-0.05, 0) is 31.5 Å². The molecular weight excluding hydrogens is 218 g/mol. The van der Waals surface area contributed by atoms with Crippen LogP contribution in [0.3, 0.4) is 0 Å². The Balaban J connectivity index is 2.01. The van der Waals surface area contributed by atoms with Gasteiger partial charge in [-0.3, -0.25) is 0 Å². The molecule has 0 spiro atoms. The van der Waals surface area contributed by atoms with E-state index < -0.39 is 11.6 Å². The average Bonchev–Trinajstić information content (AvgIpc) is 2.38. The molecule has 1 aromatic rings. The fourth-order valence-corrected chi connectivity index (χ4v) is 2.05. The van der Waals surface area contributed by atoms with Gasteiger partial charge in [0, 0.05) is 0 Å². The van der Waals surface area contributed by atoms with Crippen molar-refractivity contribution < 1.29 is 14.6 Å². The molecule has 0 unspecified atom stereocenters. The van der Waals surface area contributed by atoms with Gasteiger partial charge >= 0.3 is 5.97 Å².